The molecule has 0 aliphatic rings. The summed E-state index contributed by atoms with van der Waals surface area (Å²) in [6.07, 6.45) is 0.357. The first kappa shape index (κ1) is 19.5. The van der Waals surface area contributed by atoms with Crippen LogP contribution in [-0.4, -0.2) is 35.1 Å². The molecule has 0 saturated carbocycles. The summed E-state index contributed by atoms with van der Waals surface area (Å²) in [5.41, 5.74) is 0.876. The van der Waals surface area contributed by atoms with Gasteiger partial charge in [-0.3, -0.25) is 4.79 Å². The first-order valence-electron chi connectivity index (χ1n) is 7.90. The number of carbonyl (C=O) groups excluding carboxylic acids is 2. The fourth-order valence-corrected chi connectivity index (χ4v) is 2.07. The summed E-state index contributed by atoms with van der Waals surface area (Å²) in [7, 11) is 0. The maximum Gasteiger partial charge on any atom is 0.326 e. The van der Waals surface area contributed by atoms with Gasteiger partial charge in [-0.25, -0.2) is 9.59 Å². The first-order chi connectivity index (χ1) is 11.2. The standard InChI is InChI=1S/C17H25N3O4/c1-10(2)9-14(16(22)23)20-15(21)12-5-7-13(8-6-12)19-17(24)18-11(3)4/h5-8,10-11,14H,9H2,1-4H3,(H,20,21)(H,22,23)(H2,18,19,24)/t14-/m0/s1. The summed E-state index contributed by atoms with van der Waals surface area (Å²) >= 11 is 0. The van der Waals surface area contributed by atoms with Crippen LogP contribution >= 0.6 is 0 Å². The Bertz CT molecular complexity index is 582. The smallest absolute Gasteiger partial charge is 0.326 e. The van der Waals surface area contributed by atoms with Gasteiger partial charge in [0.1, 0.15) is 6.04 Å². The Balaban J connectivity index is 2.69. The van der Waals surface area contributed by atoms with Crippen LogP contribution in [0.1, 0.15) is 44.5 Å². The lowest BCUT2D eigenvalue weighted by atomic mass is 10.0. The SMILES string of the molecule is CC(C)C[C@H](NC(=O)c1ccc(NC(=O)NC(C)C)cc1)C(=O)O. The van der Waals surface area contributed by atoms with Gasteiger partial charge < -0.3 is 21.1 Å². The van der Waals surface area contributed by atoms with Gasteiger partial charge in [0.05, 0.1) is 0 Å². The van der Waals surface area contributed by atoms with Crippen molar-refractivity contribution in [1.29, 1.82) is 0 Å². The van der Waals surface area contributed by atoms with E-state index in [1.807, 2.05) is 27.7 Å². The van der Waals surface area contributed by atoms with Crippen LogP contribution < -0.4 is 16.0 Å². The zero-order valence-corrected chi connectivity index (χ0v) is 14.4. The molecule has 4 N–H and O–H groups in total. The molecule has 132 valence electrons. The molecule has 0 spiro atoms. The van der Waals surface area contributed by atoms with Crippen molar-refractivity contribution < 1.29 is 19.5 Å². The van der Waals surface area contributed by atoms with Gasteiger partial charge in [0.25, 0.3) is 5.91 Å². The van der Waals surface area contributed by atoms with Crippen molar-refractivity contribution in [3.05, 3.63) is 29.8 Å². The molecule has 3 amide bonds. The fraction of sp³-hybridized carbons (Fsp3) is 0.471. The highest BCUT2D eigenvalue weighted by Gasteiger charge is 2.21. The molecule has 0 aliphatic heterocycles. The third kappa shape index (κ3) is 6.68. The van der Waals surface area contributed by atoms with E-state index in [0.717, 1.165) is 0 Å². The molecular formula is C17H25N3O4. The molecule has 0 radical (unpaired) electrons. The third-order valence-corrected chi connectivity index (χ3v) is 3.14. The van der Waals surface area contributed by atoms with E-state index >= 15 is 0 Å². The van der Waals surface area contributed by atoms with Crippen LogP contribution in [0.25, 0.3) is 0 Å². The lowest BCUT2D eigenvalue weighted by molar-refractivity contribution is -0.139. The van der Waals surface area contributed by atoms with Crippen molar-refractivity contribution >= 4 is 23.6 Å². The molecule has 0 unspecified atom stereocenters. The lowest BCUT2D eigenvalue weighted by Crippen LogP contribution is -2.41. The monoisotopic (exact) mass is 335 g/mol. The molecule has 7 heteroatoms. The Morgan fingerprint density at radius 3 is 2.04 bits per heavy atom. The predicted molar refractivity (Wildman–Crippen MR) is 92.1 cm³/mol. The Labute approximate surface area is 141 Å². The average Bonchev–Trinajstić information content (AvgIpc) is 2.45. The minimum absolute atomic E-state index is 0.0176. The molecule has 0 heterocycles. The van der Waals surface area contributed by atoms with Crippen LogP contribution in [0, 0.1) is 5.92 Å². The molecule has 7 nitrogen and oxygen atoms in total. The number of hydrogen-bond donors (Lipinski definition) is 4. The number of aliphatic carboxylic acids is 1. The number of benzene rings is 1. The van der Waals surface area contributed by atoms with E-state index < -0.39 is 17.9 Å². The lowest BCUT2D eigenvalue weighted by Gasteiger charge is -2.16. The molecule has 0 bridgehead atoms. The molecule has 24 heavy (non-hydrogen) atoms. The highest BCUT2D eigenvalue weighted by Crippen LogP contribution is 2.11. The second kappa shape index (κ2) is 8.90. The molecule has 0 aromatic heterocycles. The second-order valence-electron chi connectivity index (χ2n) is 6.32. The first-order valence-corrected chi connectivity index (χ1v) is 7.90. The summed E-state index contributed by atoms with van der Waals surface area (Å²) in [4.78, 5) is 34.9. The Morgan fingerprint density at radius 2 is 1.58 bits per heavy atom. The van der Waals surface area contributed by atoms with Crippen molar-refractivity contribution in [3.8, 4) is 0 Å². The van der Waals surface area contributed by atoms with Gasteiger partial charge in [-0.05, 0) is 50.5 Å². The predicted octanol–water partition coefficient (Wildman–Crippen LogP) is 2.45. The Kier molecular flexibility index (Phi) is 7.23. The summed E-state index contributed by atoms with van der Waals surface area (Å²) in [6, 6.07) is 5.02. The molecule has 1 rings (SSSR count). The number of amides is 3. The number of rotatable bonds is 7. The van der Waals surface area contributed by atoms with Gasteiger partial charge in [0.15, 0.2) is 0 Å². The van der Waals surface area contributed by atoms with E-state index in [1.54, 1.807) is 12.1 Å². The molecule has 1 atom stereocenters. The number of anilines is 1. The minimum atomic E-state index is -1.05. The van der Waals surface area contributed by atoms with E-state index in [-0.39, 0.29) is 18.0 Å². The van der Waals surface area contributed by atoms with E-state index in [4.69, 9.17) is 5.11 Å². The van der Waals surface area contributed by atoms with Crippen LogP contribution in [0.15, 0.2) is 24.3 Å². The molecule has 0 aliphatic carbocycles. The Morgan fingerprint density at radius 1 is 1.00 bits per heavy atom. The number of urea groups is 1. The molecule has 1 aromatic carbocycles. The summed E-state index contributed by atoms with van der Waals surface area (Å²) in [5, 5.41) is 17.0. The van der Waals surface area contributed by atoms with Gasteiger partial charge in [-0.1, -0.05) is 13.8 Å². The zero-order chi connectivity index (χ0) is 18.3. The Hall–Kier alpha value is -2.57. The number of carbonyl (C=O) groups is 3. The van der Waals surface area contributed by atoms with Crippen LogP contribution in [0.5, 0.6) is 0 Å². The van der Waals surface area contributed by atoms with Gasteiger partial charge in [0, 0.05) is 17.3 Å². The normalized spacial score (nSPS) is 11.9. The topological polar surface area (TPSA) is 108 Å². The molecule has 0 fully saturated rings. The number of carboxylic acids is 1. The van der Waals surface area contributed by atoms with Crippen LogP contribution in [-0.2, 0) is 4.79 Å². The van der Waals surface area contributed by atoms with Gasteiger partial charge in [-0.15, -0.1) is 0 Å². The van der Waals surface area contributed by atoms with Crippen LogP contribution in [0.2, 0.25) is 0 Å². The van der Waals surface area contributed by atoms with Crippen molar-refractivity contribution in [1.82, 2.24) is 10.6 Å². The molecular weight excluding hydrogens is 310 g/mol. The highest BCUT2D eigenvalue weighted by molar-refractivity contribution is 5.97. The molecule has 0 saturated heterocycles. The van der Waals surface area contributed by atoms with Crippen molar-refractivity contribution in [2.45, 2.75) is 46.2 Å². The maximum absolute atomic E-state index is 12.1. The number of hydrogen-bond acceptors (Lipinski definition) is 3. The quantitative estimate of drug-likeness (QED) is 0.614. The van der Waals surface area contributed by atoms with Crippen LogP contribution in [0.4, 0.5) is 10.5 Å². The van der Waals surface area contributed by atoms with Gasteiger partial charge in [0.2, 0.25) is 0 Å². The molecule has 1 aromatic rings. The second-order valence-corrected chi connectivity index (χ2v) is 6.32. The summed E-state index contributed by atoms with van der Waals surface area (Å²) < 4.78 is 0. The van der Waals surface area contributed by atoms with Gasteiger partial charge >= 0.3 is 12.0 Å². The van der Waals surface area contributed by atoms with Crippen molar-refractivity contribution in [2.24, 2.45) is 5.92 Å². The van der Waals surface area contributed by atoms with Gasteiger partial charge in [-0.2, -0.15) is 0 Å². The summed E-state index contributed by atoms with van der Waals surface area (Å²) in [6.45, 7) is 7.49. The minimum Gasteiger partial charge on any atom is -0.480 e. The third-order valence-electron chi connectivity index (χ3n) is 3.14. The fourth-order valence-electron chi connectivity index (χ4n) is 2.07. The highest BCUT2D eigenvalue weighted by atomic mass is 16.4. The van der Waals surface area contributed by atoms with Crippen molar-refractivity contribution in [2.75, 3.05) is 5.32 Å². The number of nitrogens with one attached hydrogen (secondary N) is 3. The maximum atomic E-state index is 12.1. The largest absolute Gasteiger partial charge is 0.480 e. The number of carboxylic acid groups (broad SMARTS) is 1. The van der Waals surface area contributed by atoms with Crippen molar-refractivity contribution in [3.63, 3.8) is 0 Å². The zero-order valence-electron chi connectivity index (χ0n) is 14.4. The van der Waals surface area contributed by atoms with E-state index in [0.29, 0.717) is 17.7 Å². The van der Waals surface area contributed by atoms with E-state index in [2.05, 4.69) is 16.0 Å². The van der Waals surface area contributed by atoms with E-state index in [9.17, 15) is 14.4 Å². The average molecular weight is 335 g/mol. The van der Waals surface area contributed by atoms with E-state index in [1.165, 1.54) is 12.1 Å². The van der Waals surface area contributed by atoms with Crippen LogP contribution in [0.3, 0.4) is 0 Å². The summed E-state index contributed by atoms with van der Waals surface area (Å²) in [5.74, 6) is -1.36.